The summed E-state index contributed by atoms with van der Waals surface area (Å²) >= 11 is 7.12. The molecule has 84 valence electrons. The molecular formula is C9H9ClN4OS. The zero-order valence-electron chi connectivity index (χ0n) is 8.48. The fourth-order valence-electron chi connectivity index (χ4n) is 1.26. The maximum Gasteiger partial charge on any atom is 0.225 e. The van der Waals surface area contributed by atoms with Crippen LogP contribution in [0.5, 0.6) is 5.75 Å². The van der Waals surface area contributed by atoms with Crippen molar-refractivity contribution in [2.24, 2.45) is 0 Å². The summed E-state index contributed by atoms with van der Waals surface area (Å²) in [6, 6.07) is 5.47. The number of ether oxygens (including phenoxy) is 1. The van der Waals surface area contributed by atoms with Crippen molar-refractivity contribution in [3.05, 3.63) is 28.8 Å². The first kappa shape index (κ1) is 11.1. The molecule has 0 atom stereocenters. The Labute approximate surface area is 102 Å². The van der Waals surface area contributed by atoms with E-state index in [4.69, 9.17) is 16.3 Å². The predicted octanol–water partition coefficient (Wildman–Crippen LogP) is 2.21. The quantitative estimate of drug-likeness (QED) is 0.909. The summed E-state index contributed by atoms with van der Waals surface area (Å²) in [4.78, 5) is 0. The van der Waals surface area contributed by atoms with Gasteiger partial charge in [0.25, 0.3) is 0 Å². The molecule has 1 heterocycles. The monoisotopic (exact) mass is 256 g/mol. The SMILES string of the molecule is COc1ccc(Cl)cc1CNc1nnns1. The van der Waals surface area contributed by atoms with Gasteiger partial charge >= 0.3 is 0 Å². The van der Waals surface area contributed by atoms with E-state index in [2.05, 4.69) is 20.1 Å². The molecule has 1 N–H and O–H groups in total. The third-order valence-corrected chi connectivity index (χ3v) is 2.76. The summed E-state index contributed by atoms with van der Waals surface area (Å²) in [6.07, 6.45) is 0. The van der Waals surface area contributed by atoms with Crippen molar-refractivity contribution in [1.82, 2.24) is 14.8 Å². The predicted molar refractivity (Wildman–Crippen MR) is 63.0 cm³/mol. The van der Waals surface area contributed by atoms with Crippen LogP contribution < -0.4 is 10.1 Å². The van der Waals surface area contributed by atoms with Gasteiger partial charge in [-0.05, 0) is 23.4 Å². The lowest BCUT2D eigenvalue weighted by Gasteiger charge is -2.08. The molecule has 0 aliphatic heterocycles. The molecule has 0 aliphatic rings. The van der Waals surface area contributed by atoms with Gasteiger partial charge in [-0.15, -0.1) is 0 Å². The molecule has 0 amide bonds. The minimum absolute atomic E-state index is 0.570. The van der Waals surface area contributed by atoms with Crippen LogP contribution in [0.15, 0.2) is 18.2 Å². The molecule has 2 rings (SSSR count). The van der Waals surface area contributed by atoms with Crippen molar-refractivity contribution in [2.45, 2.75) is 6.54 Å². The number of methoxy groups -OCH3 is 1. The van der Waals surface area contributed by atoms with Gasteiger partial charge in [-0.3, -0.25) is 0 Å². The first-order chi connectivity index (χ1) is 7.79. The highest BCUT2D eigenvalue weighted by molar-refractivity contribution is 7.09. The Morgan fingerprint density at radius 1 is 1.50 bits per heavy atom. The molecule has 0 fully saturated rings. The zero-order valence-corrected chi connectivity index (χ0v) is 10.0. The van der Waals surface area contributed by atoms with Crippen molar-refractivity contribution in [1.29, 1.82) is 0 Å². The molecule has 0 spiro atoms. The molecule has 1 aromatic heterocycles. The lowest BCUT2D eigenvalue weighted by Crippen LogP contribution is -2.01. The first-order valence-corrected chi connectivity index (χ1v) is 5.66. The van der Waals surface area contributed by atoms with Crippen molar-refractivity contribution in [3.63, 3.8) is 0 Å². The zero-order chi connectivity index (χ0) is 11.4. The van der Waals surface area contributed by atoms with Gasteiger partial charge in [0.2, 0.25) is 5.13 Å². The molecule has 0 radical (unpaired) electrons. The number of aromatic nitrogens is 3. The Kier molecular flexibility index (Phi) is 3.53. The second-order valence-electron chi connectivity index (χ2n) is 2.98. The molecule has 16 heavy (non-hydrogen) atoms. The van der Waals surface area contributed by atoms with E-state index in [0.29, 0.717) is 16.7 Å². The van der Waals surface area contributed by atoms with Gasteiger partial charge in [0.15, 0.2) is 0 Å². The highest BCUT2D eigenvalue weighted by Crippen LogP contribution is 2.23. The summed E-state index contributed by atoms with van der Waals surface area (Å²) < 4.78 is 8.88. The van der Waals surface area contributed by atoms with Crippen molar-refractivity contribution >= 4 is 28.3 Å². The topological polar surface area (TPSA) is 59.9 Å². The van der Waals surface area contributed by atoms with E-state index in [1.54, 1.807) is 13.2 Å². The summed E-state index contributed by atoms with van der Waals surface area (Å²) in [5.74, 6) is 0.786. The van der Waals surface area contributed by atoms with E-state index < -0.39 is 0 Å². The molecule has 0 unspecified atom stereocenters. The summed E-state index contributed by atoms with van der Waals surface area (Å²) in [7, 11) is 1.62. The maximum absolute atomic E-state index is 5.91. The van der Waals surface area contributed by atoms with Crippen LogP contribution in [-0.2, 0) is 6.54 Å². The Morgan fingerprint density at radius 3 is 3.06 bits per heavy atom. The second kappa shape index (κ2) is 5.09. The summed E-state index contributed by atoms with van der Waals surface area (Å²) in [5.41, 5.74) is 0.963. The van der Waals surface area contributed by atoms with E-state index in [1.165, 1.54) is 11.5 Å². The molecule has 0 saturated carbocycles. The molecular weight excluding hydrogens is 248 g/mol. The fourth-order valence-corrected chi connectivity index (χ4v) is 1.81. The number of anilines is 1. The van der Waals surface area contributed by atoms with Crippen molar-refractivity contribution in [3.8, 4) is 5.75 Å². The average molecular weight is 257 g/mol. The van der Waals surface area contributed by atoms with E-state index in [9.17, 15) is 0 Å². The number of hydrogen-bond acceptors (Lipinski definition) is 6. The van der Waals surface area contributed by atoms with Crippen LogP contribution >= 0.6 is 23.1 Å². The number of rotatable bonds is 4. The summed E-state index contributed by atoms with van der Waals surface area (Å²) in [6.45, 7) is 0.570. The van der Waals surface area contributed by atoms with E-state index in [0.717, 1.165) is 11.3 Å². The third-order valence-electron chi connectivity index (χ3n) is 1.97. The average Bonchev–Trinajstić information content (AvgIpc) is 2.79. The largest absolute Gasteiger partial charge is 0.496 e. The van der Waals surface area contributed by atoms with E-state index in [-0.39, 0.29) is 0 Å². The normalized spacial score (nSPS) is 10.1. The van der Waals surface area contributed by atoms with Gasteiger partial charge in [0.05, 0.1) is 7.11 Å². The molecule has 5 nitrogen and oxygen atoms in total. The van der Waals surface area contributed by atoms with Gasteiger partial charge < -0.3 is 10.1 Å². The Balaban J connectivity index is 2.11. The van der Waals surface area contributed by atoms with Gasteiger partial charge in [-0.25, -0.2) is 0 Å². The first-order valence-electron chi connectivity index (χ1n) is 4.51. The summed E-state index contributed by atoms with van der Waals surface area (Å²) in [5, 5.41) is 11.7. The van der Waals surface area contributed by atoms with Crippen LogP contribution in [0.25, 0.3) is 0 Å². The van der Waals surface area contributed by atoms with Crippen LogP contribution in [0, 0.1) is 0 Å². The second-order valence-corrected chi connectivity index (χ2v) is 4.15. The lowest BCUT2D eigenvalue weighted by molar-refractivity contribution is 0.410. The minimum atomic E-state index is 0.570. The number of nitrogens with one attached hydrogen (secondary N) is 1. The number of halogens is 1. The highest BCUT2D eigenvalue weighted by Gasteiger charge is 2.05. The van der Waals surface area contributed by atoms with E-state index >= 15 is 0 Å². The molecule has 0 bridgehead atoms. The number of benzene rings is 1. The Morgan fingerprint density at radius 2 is 2.38 bits per heavy atom. The van der Waals surface area contributed by atoms with Gasteiger partial charge in [-0.2, -0.15) is 0 Å². The Hall–Kier alpha value is -1.40. The van der Waals surface area contributed by atoms with Crippen molar-refractivity contribution < 1.29 is 4.74 Å². The van der Waals surface area contributed by atoms with Gasteiger partial charge in [0, 0.05) is 28.7 Å². The van der Waals surface area contributed by atoms with E-state index in [1.807, 2.05) is 12.1 Å². The standard InChI is InChI=1S/C9H9ClN4OS/c1-15-8-3-2-7(10)4-6(8)5-11-9-12-13-14-16-9/h2-4H,5H2,1H3,(H,11,12,14). The van der Waals surface area contributed by atoms with Crippen LogP contribution in [0.3, 0.4) is 0 Å². The minimum Gasteiger partial charge on any atom is -0.496 e. The van der Waals surface area contributed by atoms with Gasteiger partial charge in [0.1, 0.15) is 5.75 Å². The molecule has 0 saturated heterocycles. The highest BCUT2D eigenvalue weighted by atomic mass is 35.5. The Bertz CT molecular complexity index is 463. The number of nitrogens with zero attached hydrogens (tertiary/aromatic N) is 3. The van der Waals surface area contributed by atoms with Gasteiger partial charge in [-0.1, -0.05) is 21.2 Å². The molecule has 7 heteroatoms. The smallest absolute Gasteiger partial charge is 0.225 e. The fraction of sp³-hybridized carbons (Fsp3) is 0.222. The van der Waals surface area contributed by atoms with Crippen LogP contribution in [0.4, 0.5) is 5.13 Å². The lowest BCUT2D eigenvalue weighted by atomic mass is 10.2. The number of hydrogen-bond donors (Lipinski definition) is 1. The van der Waals surface area contributed by atoms with Crippen molar-refractivity contribution in [2.75, 3.05) is 12.4 Å². The van der Waals surface area contributed by atoms with Crippen LogP contribution in [0.2, 0.25) is 5.02 Å². The molecule has 2 aromatic rings. The third kappa shape index (κ3) is 2.59. The molecule has 1 aromatic carbocycles. The molecule has 0 aliphatic carbocycles. The van der Waals surface area contributed by atoms with Crippen LogP contribution in [-0.4, -0.2) is 21.9 Å². The van der Waals surface area contributed by atoms with Crippen LogP contribution in [0.1, 0.15) is 5.56 Å². The maximum atomic E-state index is 5.91.